The number of piperazine rings is 1. The van der Waals surface area contributed by atoms with Crippen LogP contribution in [0.1, 0.15) is 34.1 Å². The molecule has 0 amide bonds. The minimum Gasteiger partial charge on any atom is -0.369 e. The third-order valence-electron chi connectivity index (χ3n) is 7.80. The summed E-state index contributed by atoms with van der Waals surface area (Å²) in [5.41, 5.74) is 7.52. The summed E-state index contributed by atoms with van der Waals surface area (Å²) in [4.78, 5) is 9.57. The summed E-state index contributed by atoms with van der Waals surface area (Å²) < 4.78 is 1.99. The number of pyridine rings is 1. The van der Waals surface area contributed by atoms with Crippen molar-refractivity contribution in [1.82, 2.24) is 30.1 Å². The number of aryl methyl sites for hydroxylation is 3. The van der Waals surface area contributed by atoms with E-state index in [1.807, 2.05) is 16.9 Å². The number of tetrazole rings is 1. The molecule has 1 aliphatic heterocycles. The Labute approximate surface area is 223 Å². The number of aromatic nitrogens is 5. The maximum absolute atomic E-state index is 4.59. The van der Waals surface area contributed by atoms with Crippen LogP contribution < -0.4 is 4.90 Å². The largest absolute Gasteiger partial charge is 0.369 e. The van der Waals surface area contributed by atoms with Gasteiger partial charge in [0.05, 0.1) is 11.6 Å². The molecule has 1 saturated heterocycles. The van der Waals surface area contributed by atoms with Crippen LogP contribution in [0.25, 0.3) is 10.9 Å². The first-order valence-electron chi connectivity index (χ1n) is 13.4. The molecule has 38 heavy (non-hydrogen) atoms. The summed E-state index contributed by atoms with van der Waals surface area (Å²) >= 11 is 0. The Bertz CT molecular complexity index is 1520. The lowest BCUT2D eigenvalue weighted by Crippen LogP contribution is -2.48. The van der Waals surface area contributed by atoms with E-state index in [9.17, 15) is 0 Å². The number of benzene rings is 3. The van der Waals surface area contributed by atoms with E-state index in [0.717, 1.165) is 55.9 Å². The summed E-state index contributed by atoms with van der Waals surface area (Å²) in [6.45, 7) is 8.92. The van der Waals surface area contributed by atoms with E-state index < -0.39 is 0 Å². The highest BCUT2D eigenvalue weighted by atomic mass is 15.6. The fourth-order valence-electron chi connectivity index (χ4n) is 5.53. The SMILES string of the molecule is Cc1cccc(N2CCN([C@H](c3ccc4ncccc4c3)c3nnnn3CCc3ccccc3)CC2)c1C. The fourth-order valence-corrected chi connectivity index (χ4v) is 5.53. The lowest BCUT2D eigenvalue weighted by Gasteiger charge is -2.40. The van der Waals surface area contributed by atoms with Crippen molar-refractivity contribution in [3.05, 3.63) is 113 Å². The lowest BCUT2D eigenvalue weighted by molar-refractivity contribution is 0.200. The van der Waals surface area contributed by atoms with E-state index in [1.165, 1.54) is 27.9 Å². The molecule has 0 saturated carbocycles. The summed E-state index contributed by atoms with van der Waals surface area (Å²) in [5, 5.41) is 14.3. The molecule has 6 rings (SSSR count). The zero-order valence-corrected chi connectivity index (χ0v) is 22.0. The van der Waals surface area contributed by atoms with Gasteiger partial charge >= 0.3 is 0 Å². The van der Waals surface area contributed by atoms with Gasteiger partial charge in [-0.25, -0.2) is 4.68 Å². The molecule has 0 N–H and O–H groups in total. The molecule has 0 spiro atoms. The Morgan fingerprint density at radius 3 is 2.53 bits per heavy atom. The van der Waals surface area contributed by atoms with Crippen molar-refractivity contribution in [3.63, 3.8) is 0 Å². The number of anilines is 1. The molecule has 3 aromatic carbocycles. The number of rotatable bonds is 7. The highest BCUT2D eigenvalue weighted by Gasteiger charge is 2.31. The molecule has 7 heteroatoms. The molecular weight excluding hydrogens is 470 g/mol. The Morgan fingerprint density at radius 2 is 1.68 bits per heavy atom. The minimum atomic E-state index is -0.0360. The maximum atomic E-state index is 4.59. The molecule has 5 aromatic rings. The monoisotopic (exact) mass is 503 g/mol. The summed E-state index contributed by atoms with van der Waals surface area (Å²) in [5.74, 6) is 0.893. The van der Waals surface area contributed by atoms with Crippen molar-refractivity contribution < 1.29 is 0 Å². The maximum Gasteiger partial charge on any atom is 0.173 e. The topological polar surface area (TPSA) is 63.0 Å². The van der Waals surface area contributed by atoms with E-state index in [2.05, 4.69) is 117 Å². The van der Waals surface area contributed by atoms with Crippen molar-refractivity contribution in [3.8, 4) is 0 Å². The van der Waals surface area contributed by atoms with Gasteiger partial charge in [0, 0.05) is 50.0 Å². The molecular formula is C31H33N7. The van der Waals surface area contributed by atoms with Crippen molar-refractivity contribution >= 4 is 16.6 Å². The Kier molecular flexibility index (Phi) is 6.84. The second kappa shape index (κ2) is 10.7. The highest BCUT2D eigenvalue weighted by molar-refractivity contribution is 5.79. The molecule has 1 atom stereocenters. The van der Waals surface area contributed by atoms with Gasteiger partial charge in [0.2, 0.25) is 0 Å². The molecule has 1 fully saturated rings. The second-order valence-corrected chi connectivity index (χ2v) is 10.1. The summed E-state index contributed by atoms with van der Waals surface area (Å²) in [6.07, 6.45) is 2.73. The van der Waals surface area contributed by atoms with Crippen molar-refractivity contribution in [2.75, 3.05) is 31.1 Å². The van der Waals surface area contributed by atoms with E-state index in [-0.39, 0.29) is 6.04 Å². The van der Waals surface area contributed by atoms with Crippen LogP contribution >= 0.6 is 0 Å². The lowest BCUT2D eigenvalue weighted by atomic mass is 10.0. The molecule has 0 aliphatic carbocycles. The van der Waals surface area contributed by atoms with Gasteiger partial charge in [-0.05, 0) is 77.2 Å². The molecule has 192 valence electrons. The van der Waals surface area contributed by atoms with Gasteiger partial charge in [-0.3, -0.25) is 9.88 Å². The summed E-state index contributed by atoms with van der Waals surface area (Å²) in [6, 6.07) is 27.8. The third kappa shape index (κ3) is 4.89. The van der Waals surface area contributed by atoms with Gasteiger partial charge in [0.1, 0.15) is 0 Å². The van der Waals surface area contributed by atoms with Gasteiger partial charge in [-0.15, -0.1) is 5.10 Å². The molecule has 0 radical (unpaired) electrons. The number of hydrogen-bond acceptors (Lipinski definition) is 6. The average molecular weight is 504 g/mol. The average Bonchev–Trinajstić information content (AvgIpc) is 3.42. The molecule has 2 aromatic heterocycles. The minimum absolute atomic E-state index is 0.0360. The third-order valence-corrected chi connectivity index (χ3v) is 7.80. The number of fused-ring (bicyclic) bond motifs is 1. The van der Waals surface area contributed by atoms with E-state index in [4.69, 9.17) is 0 Å². The molecule has 0 bridgehead atoms. The van der Waals surface area contributed by atoms with Crippen LogP contribution in [0.5, 0.6) is 0 Å². The van der Waals surface area contributed by atoms with E-state index in [1.54, 1.807) is 0 Å². The second-order valence-electron chi connectivity index (χ2n) is 10.1. The molecule has 1 aliphatic rings. The van der Waals surface area contributed by atoms with Crippen LogP contribution in [-0.2, 0) is 13.0 Å². The van der Waals surface area contributed by atoms with Gasteiger partial charge < -0.3 is 4.90 Å². The Balaban J connectivity index is 1.31. The fraction of sp³-hybridized carbons (Fsp3) is 0.290. The molecule has 3 heterocycles. The normalized spacial score (nSPS) is 15.2. The van der Waals surface area contributed by atoms with Crippen LogP contribution in [-0.4, -0.2) is 56.3 Å². The van der Waals surface area contributed by atoms with Gasteiger partial charge in [0.15, 0.2) is 5.82 Å². The Hall–Kier alpha value is -4.10. The first-order valence-corrected chi connectivity index (χ1v) is 13.4. The van der Waals surface area contributed by atoms with Crippen molar-refractivity contribution in [2.24, 2.45) is 0 Å². The quantitative estimate of drug-likeness (QED) is 0.312. The van der Waals surface area contributed by atoms with Gasteiger partial charge in [0.25, 0.3) is 0 Å². The van der Waals surface area contributed by atoms with Crippen LogP contribution in [0.15, 0.2) is 85.1 Å². The van der Waals surface area contributed by atoms with Crippen molar-refractivity contribution in [2.45, 2.75) is 32.9 Å². The van der Waals surface area contributed by atoms with Crippen molar-refractivity contribution in [1.29, 1.82) is 0 Å². The zero-order valence-electron chi connectivity index (χ0n) is 22.0. The first kappa shape index (κ1) is 24.2. The van der Waals surface area contributed by atoms with Crippen LogP contribution in [0.4, 0.5) is 5.69 Å². The highest BCUT2D eigenvalue weighted by Crippen LogP contribution is 2.32. The number of nitrogens with zero attached hydrogens (tertiary/aromatic N) is 7. The molecule has 0 unspecified atom stereocenters. The standard InChI is InChI=1S/C31H33N7/c1-23-8-6-12-29(24(23)2)36-18-20-37(21-19-36)30(27-13-14-28-26(22-27)11-7-16-32-28)31-33-34-35-38(31)17-15-25-9-4-3-5-10-25/h3-14,16,22,30H,15,17-21H2,1-2H3/t30-/m1/s1. The van der Waals surface area contributed by atoms with E-state index >= 15 is 0 Å². The van der Waals surface area contributed by atoms with Crippen LogP contribution in [0.3, 0.4) is 0 Å². The summed E-state index contributed by atoms with van der Waals surface area (Å²) in [7, 11) is 0. The van der Waals surface area contributed by atoms with Gasteiger partial charge in [-0.1, -0.05) is 54.6 Å². The van der Waals surface area contributed by atoms with Crippen LogP contribution in [0, 0.1) is 13.8 Å². The van der Waals surface area contributed by atoms with E-state index in [0.29, 0.717) is 0 Å². The van der Waals surface area contributed by atoms with Crippen LogP contribution in [0.2, 0.25) is 0 Å². The smallest absolute Gasteiger partial charge is 0.173 e. The predicted molar refractivity (Wildman–Crippen MR) is 151 cm³/mol. The molecule has 7 nitrogen and oxygen atoms in total. The van der Waals surface area contributed by atoms with Gasteiger partial charge in [-0.2, -0.15) is 0 Å². The predicted octanol–water partition coefficient (Wildman–Crippen LogP) is 4.99. The zero-order chi connectivity index (χ0) is 25.9. The first-order chi connectivity index (χ1) is 18.7. The Morgan fingerprint density at radius 1 is 0.842 bits per heavy atom. The number of hydrogen-bond donors (Lipinski definition) is 0.